The molecule has 3 heterocycles. The van der Waals surface area contributed by atoms with Gasteiger partial charge in [0.2, 0.25) is 0 Å². The largest absolute Gasteiger partial charge is 0.388 e. The van der Waals surface area contributed by atoms with Crippen LogP contribution < -0.4 is 0 Å². The fourth-order valence-corrected chi connectivity index (χ4v) is 3.49. The molecule has 0 saturated carbocycles. The number of morpholine rings is 1. The molecule has 2 unspecified atom stereocenters. The average molecular weight is 337 g/mol. The Kier molecular flexibility index (Phi) is 4.78. The Labute approximate surface area is 147 Å². The molecule has 5 nitrogen and oxygen atoms in total. The smallest absolute Gasteiger partial charge is 0.136 e. The van der Waals surface area contributed by atoms with Gasteiger partial charge in [0.25, 0.3) is 0 Å². The van der Waals surface area contributed by atoms with E-state index in [2.05, 4.69) is 14.3 Å². The van der Waals surface area contributed by atoms with E-state index in [1.54, 1.807) is 0 Å². The molecule has 3 aromatic rings. The van der Waals surface area contributed by atoms with Crippen molar-refractivity contribution in [1.29, 1.82) is 0 Å². The van der Waals surface area contributed by atoms with Crippen molar-refractivity contribution in [3.8, 4) is 0 Å². The van der Waals surface area contributed by atoms with Gasteiger partial charge in [-0.3, -0.25) is 4.90 Å². The lowest BCUT2D eigenvalue weighted by Gasteiger charge is -2.36. The molecule has 130 valence electrons. The second-order valence-corrected chi connectivity index (χ2v) is 6.54. The number of pyridine rings is 1. The number of hydrogen-bond acceptors (Lipinski definition) is 4. The minimum Gasteiger partial charge on any atom is -0.388 e. The molecule has 0 spiro atoms. The Morgan fingerprint density at radius 1 is 1.16 bits per heavy atom. The quantitative estimate of drug-likeness (QED) is 0.778. The number of fused-ring (bicyclic) bond motifs is 1. The molecule has 2 aromatic heterocycles. The van der Waals surface area contributed by atoms with Gasteiger partial charge in [-0.2, -0.15) is 0 Å². The van der Waals surface area contributed by atoms with Gasteiger partial charge in [0.1, 0.15) is 5.65 Å². The molecule has 1 N–H and O–H groups in total. The lowest BCUT2D eigenvalue weighted by atomic mass is 10.0. The van der Waals surface area contributed by atoms with Crippen LogP contribution in [0.4, 0.5) is 0 Å². The van der Waals surface area contributed by atoms with Crippen molar-refractivity contribution < 1.29 is 9.84 Å². The number of aliphatic hydroxyl groups is 1. The fraction of sp³-hybridized carbons (Fsp3) is 0.350. The summed E-state index contributed by atoms with van der Waals surface area (Å²) in [6.45, 7) is 3.06. The SMILES string of the molecule is OC(CC1COCCN1Cc1cnc2ccccn12)c1ccccc1. The van der Waals surface area contributed by atoms with Gasteiger partial charge < -0.3 is 14.2 Å². The van der Waals surface area contributed by atoms with Crippen LogP contribution in [0.15, 0.2) is 60.9 Å². The van der Waals surface area contributed by atoms with E-state index in [0.717, 1.165) is 36.6 Å². The molecule has 0 amide bonds. The lowest BCUT2D eigenvalue weighted by Crippen LogP contribution is -2.45. The van der Waals surface area contributed by atoms with Gasteiger partial charge in [-0.05, 0) is 24.1 Å². The highest BCUT2D eigenvalue weighted by Gasteiger charge is 2.26. The normalized spacial score (nSPS) is 20.0. The summed E-state index contributed by atoms with van der Waals surface area (Å²) in [5.41, 5.74) is 3.09. The summed E-state index contributed by atoms with van der Waals surface area (Å²) in [5.74, 6) is 0. The number of aliphatic hydroxyl groups excluding tert-OH is 1. The van der Waals surface area contributed by atoms with Gasteiger partial charge in [0.15, 0.2) is 0 Å². The molecule has 0 radical (unpaired) electrons. The van der Waals surface area contributed by atoms with E-state index in [9.17, 15) is 5.11 Å². The molecule has 1 aliphatic rings. The van der Waals surface area contributed by atoms with Crippen molar-refractivity contribution in [2.45, 2.75) is 25.1 Å². The molecule has 0 bridgehead atoms. The first-order valence-electron chi connectivity index (χ1n) is 8.77. The topological polar surface area (TPSA) is 50.0 Å². The number of nitrogens with zero attached hydrogens (tertiary/aromatic N) is 3. The highest BCUT2D eigenvalue weighted by Crippen LogP contribution is 2.24. The third kappa shape index (κ3) is 3.58. The van der Waals surface area contributed by atoms with E-state index < -0.39 is 6.10 Å². The molecule has 5 heteroatoms. The molecular weight excluding hydrogens is 314 g/mol. The predicted molar refractivity (Wildman–Crippen MR) is 96.2 cm³/mol. The third-order valence-corrected chi connectivity index (χ3v) is 4.89. The first-order valence-corrected chi connectivity index (χ1v) is 8.77. The third-order valence-electron chi connectivity index (χ3n) is 4.89. The van der Waals surface area contributed by atoms with E-state index in [4.69, 9.17) is 4.74 Å². The zero-order valence-corrected chi connectivity index (χ0v) is 14.2. The Balaban J connectivity index is 1.49. The summed E-state index contributed by atoms with van der Waals surface area (Å²) in [7, 11) is 0. The van der Waals surface area contributed by atoms with Crippen LogP contribution >= 0.6 is 0 Å². The number of imidazole rings is 1. The van der Waals surface area contributed by atoms with E-state index in [-0.39, 0.29) is 6.04 Å². The van der Waals surface area contributed by atoms with E-state index in [1.165, 1.54) is 0 Å². The highest BCUT2D eigenvalue weighted by atomic mass is 16.5. The maximum absolute atomic E-state index is 10.6. The first-order chi connectivity index (χ1) is 12.3. The van der Waals surface area contributed by atoms with E-state index in [0.29, 0.717) is 13.0 Å². The van der Waals surface area contributed by atoms with E-state index in [1.807, 2.05) is 60.9 Å². The summed E-state index contributed by atoms with van der Waals surface area (Å²) in [5, 5.41) is 10.6. The number of benzene rings is 1. The zero-order valence-electron chi connectivity index (χ0n) is 14.2. The van der Waals surface area contributed by atoms with Gasteiger partial charge in [0.05, 0.1) is 31.2 Å². The van der Waals surface area contributed by atoms with Crippen LogP contribution in [0.2, 0.25) is 0 Å². The number of ether oxygens (including phenoxy) is 1. The summed E-state index contributed by atoms with van der Waals surface area (Å²) in [6, 6.07) is 16.1. The maximum atomic E-state index is 10.6. The van der Waals surface area contributed by atoms with Crippen molar-refractivity contribution in [3.05, 3.63) is 72.2 Å². The van der Waals surface area contributed by atoms with Gasteiger partial charge in [-0.1, -0.05) is 36.4 Å². The standard InChI is InChI=1S/C20H23N3O2/c24-19(16-6-2-1-3-7-16)12-17-15-25-11-10-22(17)14-18-13-21-20-8-4-5-9-23(18)20/h1-9,13,17,19,24H,10-12,14-15H2. The molecule has 0 aliphatic carbocycles. The Hall–Kier alpha value is -2.21. The van der Waals surface area contributed by atoms with Crippen LogP contribution in [0.5, 0.6) is 0 Å². The molecular formula is C20H23N3O2. The number of rotatable bonds is 5. The summed E-state index contributed by atoms with van der Waals surface area (Å²) in [6.07, 6.45) is 4.18. The van der Waals surface area contributed by atoms with Crippen LogP contribution in [-0.2, 0) is 11.3 Å². The molecule has 25 heavy (non-hydrogen) atoms. The van der Waals surface area contributed by atoms with Crippen molar-refractivity contribution in [1.82, 2.24) is 14.3 Å². The molecule has 1 aromatic carbocycles. The second kappa shape index (κ2) is 7.35. The molecule has 1 saturated heterocycles. The number of aromatic nitrogens is 2. The van der Waals surface area contributed by atoms with Crippen molar-refractivity contribution in [3.63, 3.8) is 0 Å². The summed E-state index contributed by atoms with van der Waals surface area (Å²) >= 11 is 0. The fourth-order valence-electron chi connectivity index (χ4n) is 3.49. The van der Waals surface area contributed by atoms with Crippen molar-refractivity contribution in [2.24, 2.45) is 0 Å². The summed E-state index contributed by atoms with van der Waals surface area (Å²) < 4.78 is 7.81. The second-order valence-electron chi connectivity index (χ2n) is 6.54. The monoisotopic (exact) mass is 337 g/mol. The Bertz CT molecular complexity index is 818. The van der Waals surface area contributed by atoms with E-state index >= 15 is 0 Å². The van der Waals surface area contributed by atoms with Gasteiger partial charge in [-0.15, -0.1) is 0 Å². The van der Waals surface area contributed by atoms with Crippen LogP contribution in [0.25, 0.3) is 5.65 Å². The Morgan fingerprint density at radius 3 is 2.88 bits per heavy atom. The van der Waals surface area contributed by atoms with Gasteiger partial charge in [0, 0.05) is 25.3 Å². The molecule has 1 aliphatic heterocycles. The van der Waals surface area contributed by atoms with Crippen LogP contribution in [0.3, 0.4) is 0 Å². The van der Waals surface area contributed by atoms with Crippen LogP contribution in [0, 0.1) is 0 Å². The molecule has 2 atom stereocenters. The minimum atomic E-state index is -0.474. The molecule has 1 fully saturated rings. The minimum absolute atomic E-state index is 0.193. The van der Waals surface area contributed by atoms with Crippen LogP contribution in [0.1, 0.15) is 23.8 Å². The van der Waals surface area contributed by atoms with Crippen molar-refractivity contribution in [2.75, 3.05) is 19.8 Å². The van der Waals surface area contributed by atoms with Crippen LogP contribution in [-0.4, -0.2) is 45.2 Å². The summed E-state index contributed by atoms with van der Waals surface area (Å²) in [4.78, 5) is 6.87. The van der Waals surface area contributed by atoms with Gasteiger partial charge in [-0.25, -0.2) is 4.98 Å². The lowest BCUT2D eigenvalue weighted by molar-refractivity contribution is -0.0305. The van der Waals surface area contributed by atoms with Gasteiger partial charge >= 0.3 is 0 Å². The van der Waals surface area contributed by atoms with Crippen molar-refractivity contribution >= 4 is 5.65 Å². The Morgan fingerprint density at radius 2 is 2.00 bits per heavy atom. The molecule has 4 rings (SSSR count). The first kappa shape index (κ1) is 16.3. The predicted octanol–water partition coefficient (Wildman–Crippen LogP) is 2.66. The average Bonchev–Trinajstić information content (AvgIpc) is 3.07. The highest BCUT2D eigenvalue weighted by molar-refractivity contribution is 5.39. The zero-order chi connectivity index (χ0) is 17.1. The maximum Gasteiger partial charge on any atom is 0.136 e. The number of hydrogen-bond donors (Lipinski definition) is 1.